The van der Waals surface area contributed by atoms with Gasteiger partial charge in [-0.2, -0.15) is 4.98 Å². The van der Waals surface area contributed by atoms with Crippen LogP contribution in [0, 0.1) is 6.92 Å². The number of aryl methyl sites for hydroxylation is 1. The molecule has 122 valence electrons. The molecule has 3 rings (SSSR count). The van der Waals surface area contributed by atoms with Gasteiger partial charge >= 0.3 is 0 Å². The highest BCUT2D eigenvalue weighted by Crippen LogP contribution is 2.26. The van der Waals surface area contributed by atoms with E-state index in [1.807, 2.05) is 30.0 Å². The lowest BCUT2D eigenvalue weighted by Gasteiger charge is -2.31. The Morgan fingerprint density at radius 3 is 2.96 bits per heavy atom. The van der Waals surface area contributed by atoms with E-state index in [2.05, 4.69) is 15.1 Å². The predicted molar refractivity (Wildman–Crippen MR) is 85.5 cm³/mol. The van der Waals surface area contributed by atoms with E-state index in [-0.39, 0.29) is 11.8 Å². The standard InChI is InChI=1S/C16H21N5O2/c1-11-18-15(19-23-11)13-5-4-8-21(10-13)16(22)12-6-7-17-14(9-12)20(2)3/h6-7,9,13H,4-5,8,10H2,1-3H3/t13-/m0/s1. The lowest BCUT2D eigenvalue weighted by atomic mass is 9.97. The van der Waals surface area contributed by atoms with Gasteiger partial charge in [-0.3, -0.25) is 4.79 Å². The zero-order valence-electron chi connectivity index (χ0n) is 13.7. The van der Waals surface area contributed by atoms with E-state index < -0.39 is 0 Å². The highest BCUT2D eigenvalue weighted by atomic mass is 16.5. The Morgan fingerprint density at radius 2 is 2.26 bits per heavy atom. The summed E-state index contributed by atoms with van der Waals surface area (Å²) in [6.07, 6.45) is 3.59. The number of hydrogen-bond acceptors (Lipinski definition) is 6. The van der Waals surface area contributed by atoms with Crippen LogP contribution in [-0.2, 0) is 0 Å². The lowest BCUT2D eigenvalue weighted by molar-refractivity contribution is 0.0703. The molecule has 0 radical (unpaired) electrons. The van der Waals surface area contributed by atoms with Crippen molar-refractivity contribution in [3.05, 3.63) is 35.6 Å². The maximum absolute atomic E-state index is 12.8. The van der Waals surface area contributed by atoms with Gasteiger partial charge in [0.1, 0.15) is 5.82 Å². The number of carbonyl (C=O) groups excluding carboxylic acids is 1. The van der Waals surface area contributed by atoms with Crippen molar-refractivity contribution in [3.8, 4) is 0 Å². The molecule has 23 heavy (non-hydrogen) atoms. The average molecular weight is 315 g/mol. The normalized spacial score (nSPS) is 18.0. The van der Waals surface area contributed by atoms with Crippen LogP contribution >= 0.6 is 0 Å². The summed E-state index contributed by atoms with van der Waals surface area (Å²) in [7, 11) is 3.82. The topological polar surface area (TPSA) is 75.4 Å². The van der Waals surface area contributed by atoms with Gasteiger partial charge in [-0.1, -0.05) is 5.16 Å². The minimum absolute atomic E-state index is 0.0282. The highest BCUT2D eigenvalue weighted by molar-refractivity contribution is 5.95. The molecule has 0 aromatic carbocycles. The lowest BCUT2D eigenvalue weighted by Crippen LogP contribution is -2.39. The fourth-order valence-electron chi connectivity index (χ4n) is 2.83. The molecule has 1 atom stereocenters. The molecule has 2 aromatic heterocycles. The van der Waals surface area contributed by atoms with Crippen molar-refractivity contribution in [2.45, 2.75) is 25.7 Å². The smallest absolute Gasteiger partial charge is 0.254 e. The third kappa shape index (κ3) is 3.33. The molecule has 7 nitrogen and oxygen atoms in total. The highest BCUT2D eigenvalue weighted by Gasteiger charge is 2.28. The molecule has 1 fully saturated rings. The first kappa shape index (κ1) is 15.5. The van der Waals surface area contributed by atoms with E-state index >= 15 is 0 Å². The zero-order valence-corrected chi connectivity index (χ0v) is 13.7. The first-order valence-electron chi connectivity index (χ1n) is 7.77. The second kappa shape index (κ2) is 6.36. The molecule has 0 spiro atoms. The van der Waals surface area contributed by atoms with Gasteiger partial charge in [-0.25, -0.2) is 4.98 Å². The Morgan fingerprint density at radius 1 is 1.43 bits per heavy atom. The van der Waals surface area contributed by atoms with Crippen LogP contribution in [-0.4, -0.2) is 53.1 Å². The number of nitrogens with zero attached hydrogens (tertiary/aromatic N) is 5. The Kier molecular flexibility index (Phi) is 4.27. The van der Waals surface area contributed by atoms with Crippen molar-refractivity contribution in [2.75, 3.05) is 32.1 Å². The third-order valence-corrected chi connectivity index (χ3v) is 4.07. The van der Waals surface area contributed by atoms with Gasteiger partial charge in [0.15, 0.2) is 5.82 Å². The van der Waals surface area contributed by atoms with Gasteiger partial charge in [-0.15, -0.1) is 0 Å². The Labute approximate surface area is 135 Å². The molecular weight excluding hydrogens is 294 g/mol. The molecule has 3 heterocycles. The molecule has 7 heteroatoms. The van der Waals surface area contributed by atoms with Crippen LogP contribution in [0.3, 0.4) is 0 Å². The quantitative estimate of drug-likeness (QED) is 0.860. The number of aromatic nitrogens is 3. The second-order valence-electron chi connectivity index (χ2n) is 6.06. The molecule has 0 N–H and O–H groups in total. The maximum Gasteiger partial charge on any atom is 0.254 e. The van der Waals surface area contributed by atoms with Gasteiger partial charge in [0, 0.05) is 51.8 Å². The molecule has 1 saturated heterocycles. The van der Waals surface area contributed by atoms with E-state index in [0.29, 0.717) is 23.8 Å². The van der Waals surface area contributed by atoms with Crippen molar-refractivity contribution in [1.29, 1.82) is 0 Å². The predicted octanol–water partition coefficient (Wildman–Crippen LogP) is 1.86. The summed E-state index contributed by atoms with van der Waals surface area (Å²) in [5.41, 5.74) is 0.661. The van der Waals surface area contributed by atoms with Crippen LogP contribution < -0.4 is 4.90 Å². The van der Waals surface area contributed by atoms with Crippen LogP contribution in [0.25, 0.3) is 0 Å². The van der Waals surface area contributed by atoms with Gasteiger partial charge in [-0.05, 0) is 25.0 Å². The fraction of sp³-hybridized carbons (Fsp3) is 0.500. The van der Waals surface area contributed by atoms with Crippen molar-refractivity contribution < 1.29 is 9.32 Å². The second-order valence-corrected chi connectivity index (χ2v) is 6.06. The average Bonchev–Trinajstić information content (AvgIpc) is 3.01. The molecular formula is C16H21N5O2. The number of likely N-dealkylation sites (tertiary alicyclic amines) is 1. The number of piperidine rings is 1. The third-order valence-electron chi connectivity index (χ3n) is 4.07. The number of amides is 1. The minimum atomic E-state index is 0.0282. The Balaban J connectivity index is 1.75. The van der Waals surface area contributed by atoms with Gasteiger partial charge in [0.25, 0.3) is 5.91 Å². The molecule has 0 saturated carbocycles. The molecule has 0 unspecified atom stereocenters. The molecule has 1 aliphatic rings. The molecule has 0 bridgehead atoms. The van der Waals surface area contributed by atoms with Crippen molar-refractivity contribution in [3.63, 3.8) is 0 Å². The van der Waals surface area contributed by atoms with E-state index in [1.54, 1.807) is 19.2 Å². The number of hydrogen-bond donors (Lipinski definition) is 0. The summed E-state index contributed by atoms with van der Waals surface area (Å²) in [5, 5.41) is 4.00. The van der Waals surface area contributed by atoms with Crippen LogP contribution in [0.4, 0.5) is 5.82 Å². The largest absolute Gasteiger partial charge is 0.363 e. The maximum atomic E-state index is 12.8. The molecule has 1 amide bonds. The number of rotatable bonds is 3. The fourth-order valence-corrected chi connectivity index (χ4v) is 2.83. The van der Waals surface area contributed by atoms with Crippen LogP contribution in [0.15, 0.2) is 22.9 Å². The number of anilines is 1. The monoisotopic (exact) mass is 315 g/mol. The van der Waals surface area contributed by atoms with Crippen LogP contribution in [0.1, 0.15) is 40.8 Å². The molecule has 1 aliphatic heterocycles. The summed E-state index contributed by atoms with van der Waals surface area (Å²) in [4.78, 5) is 25.1. The SMILES string of the molecule is Cc1nc([C@H]2CCCN(C(=O)c3ccnc(N(C)C)c3)C2)no1. The van der Waals surface area contributed by atoms with Gasteiger partial charge in [0.2, 0.25) is 5.89 Å². The van der Waals surface area contributed by atoms with Crippen molar-refractivity contribution in [1.82, 2.24) is 20.0 Å². The first-order chi connectivity index (χ1) is 11.0. The summed E-state index contributed by atoms with van der Waals surface area (Å²) in [6.45, 7) is 3.16. The van der Waals surface area contributed by atoms with Gasteiger partial charge < -0.3 is 14.3 Å². The number of pyridine rings is 1. The van der Waals surface area contributed by atoms with Gasteiger partial charge in [0.05, 0.1) is 0 Å². The van der Waals surface area contributed by atoms with E-state index in [0.717, 1.165) is 25.2 Å². The molecule has 0 aliphatic carbocycles. The summed E-state index contributed by atoms with van der Waals surface area (Å²) >= 11 is 0. The van der Waals surface area contributed by atoms with Crippen LogP contribution in [0.5, 0.6) is 0 Å². The van der Waals surface area contributed by atoms with Crippen molar-refractivity contribution >= 4 is 11.7 Å². The Hall–Kier alpha value is -2.44. The summed E-state index contributed by atoms with van der Waals surface area (Å²) in [6, 6.07) is 3.59. The summed E-state index contributed by atoms with van der Waals surface area (Å²) < 4.78 is 5.06. The Bertz CT molecular complexity index is 697. The zero-order chi connectivity index (χ0) is 16.4. The van der Waals surface area contributed by atoms with E-state index in [4.69, 9.17) is 4.52 Å². The number of carbonyl (C=O) groups is 1. The van der Waals surface area contributed by atoms with E-state index in [9.17, 15) is 4.79 Å². The van der Waals surface area contributed by atoms with E-state index in [1.165, 1.54) is 0 Å². The van der Waals surface area contributed by atoms with Crippen LogP contribution in [0.2, 0.25) is 0 Å². The summed E-state index contributed by atoms with van der Waals surface area (Å²) in [5.74, 6) is 2.20. The molecule has 2 aromatic rings. The first-order valence-corrected chi connectivity index (χ1v) is 7.77. The minimum Gasteiger partial charge on any atom is -0.363 e. The van der Waals surface area contributed by atoms with Crippen molar-refractivity contribution in [2.24, 2.45) is 0 Å².